The molecule has 0 saturated carbocycles. The van der Waals surface area contributed by atoms with Crippen LogP contribution in [0.15, 0.2) is 0 Å². The first-order valence-electron chi connectivity index (χ1n) is 8.06. The number of nitrogens with one attached hydrogen (secondary N) is 1. The minimum atomic E-state index is -0.532. The van der Waals surface area contributed by atoms with Crippen LogP contribution in [0.2, 0.25) is 0 Å². The number of nitrogens with zero attached hydrogens (tertiary/aromatic N) is 1. The summed E-state index contributed by atoms with van der Waals surface area (Å²) in [7, 11) is 0. The SMILES string of the molecule is CC(C)(C)OC(=O)NCC1CN(C(=O)OC(C)(C)C)CC1CN. The molecule has 1 rings (SSSR count). The molecule has 1 aliphatic heterocycles. The number of carbonyl (C=O) groups is 2. The second kappa shape index (κ2) is 7.38. The number of carbonyl (C=O) groups excluding carboxylic acids is 2. The molecule has 0 aliphatic carbocycles. The Morgan fingerprint density at radius 3 is 2.04 bits per heavy atom. The summed E-state index contributed by atoms with van der Waals surface area (Å²) < 4.78 is 10.6. The Hall–Kier alpha value is -1.50. The third-order valence-electron chi connectivity index (χ3n) is 3.44. The summed E-state index contributed by atoms with van der Waals surface area (Å²) in [6, 6.07) is 0. The minimum absolute atomic E-state index is 0.0973. The van der Waals surface area contributed by atoms with E-state index in [-0.39, 0.29) is 17.9 Å². The van der Waals surface area contributed by atoms with Gasteiger partial charge in [0.15, 0.2) is 0 Å². The van der Waals surface area contributed by atoms with E-state index in [9.17, 15) is 9.59 Å². The Bertz CT molecular complexity index is 426. The predicted octanol–water partition coefficient (Wildman–Crippen LogP) is 1.95. The molecule has 1 saturated heterocycles. The lowest BCUT2D eigenvalue weighted by Gasteiger charge is -2.24. The molecule has 0 radical (unpaired) electrons. The van der Waals surface area contributed by atoms with Crippen LogP contribution in [0.25, 0.3) is 0 Å². The van der Waals surface area contributed by atoms with E-state index < -0.39 is 17.3 Å². The monoisotopic (exact) mass is 329 g/mol. The molecule has 23 heavy (non-hydrogen) atoms. The molecule has 2 amide bonds. The highest BCUT2D eigenvalue weighted by Gasteiger charge is 2.36. The zero-order valence-corrected chi connectivity index (χ0v) is 15.1. The Kier molecular flexibility index (Phi) is 6.27. The van der Waals surface area contributed by atoms with Gasteiger partial charge in [-0.3, -0.25) is 0 Å². The van der Waals surface area contributed by atoms with Crippen molar-refractivity contribution in [1.29, 1.82) is 0 Å². The van der Waals surface area contributed by atoms with Crippen LogP contribution >= 0.6 is 0 Å². The second-order valence-corrected chi connectivity index (χ2v) is 8.02. The third kappa shape index (κ3) is 7.07. The van der Waals surface area contributed by atoms with Gasteiger partial charge in [-0.1, -0.05) is 0 Å². The molecule has 1 aliphatic rings. The summed E-state index contributed by atoms with van der Waals surface area (Å²) >= 11 is 0. The highest BCUT2D eigenvalue weighted by atomic mass is 16.6. The van der Waals surface area contributed by atoms with Crippen LogP contribution < -0.4 is 11.1 Å². The van der Waals surface area contributed by atoms with Crippen LogP contribution in [-0.4, -0.2) is 54.5 Å². The topological polar surface area (TPSA) is 93.9 Å². The van der Waals surface area contributed by atoms with Gasteiger partial charge in [-0.15, -0.1) is 0 Å². The molecule has 0 aromatic rings. The minimum Gasteiger partial charge on any atom is -0.444 e. The summed E-state index contributed by atoms with van der Waals surface area (Å²) in [6.07, 6.45) is -0.792. The van der Waals surface area contributed by atoms with Crippen molar-refractivity contribution >= 4 is 12.2 Å². The molecule has 0 spiro atoms. The van der Waals surface area contributed by atoms with Crippen LogP contribution in [0.4, 0.5) is 9.59 Å². The average molecular weight is 329 g/mol. The number of ether oxygens (including phenoxy) is 2. The molecule has 1 heterocycles. The molecular formula is C16H31N3O4. The van der Waals surface area contributed by atoms with Gasteiger partial charge in [-0.2, -0.15) is 0 Å². The van der Waals surface area contributed by atoms with Crippen molar-refractivity contribution in [2.45, 2.75) is 52.7 Å². The van der Waals surface area contributed by atoms with E-state index in [1.165, 1.54) is 0 Å². The molecule has 134 valence electrons. The first kappa shape index (κ1) is 19.5. The highest BCUT2D eigenvalue weighted by molar-refractivity contribution is 5.69. The summed E-state index contributed by atoms with van der Waals surface area (Å²) in [5, 5.41) is 2.76. The number of amides is 2. The van der Waals surface area contributed by atoms with Gasteiger partial charge in [-0.25, -0.2) is 9.59 Å². The first-order valence-corrected chi connectivity index (χ1v) is 8.06. The van der Waals surface area contributed by atoms with Gasteiger partial charge < -0.3 is 25.4 Å². The quantitative estimate of drug-likeness (QED) is 0.825. The molecule has 7 nitrogen and oxygen atoms in total. The maximum atomic E-state index is 12.1. The van der Waals surface area contributed by atoms with Gasteiger partial charge in [0, 0.05) is 19.6 Å². The molecule has 2 atom stereocenters. The summed E-state index contributed by atoms with van der Waals surface area (Å²) in [6.45, 7) is 12.9. The van der Waals surface area contributed by atoms with Gasteiger partial charge in [0.05, 0.1) is 0 Å². The Morgan fingerprint density at radius 2 is 1.57 bits per heavy atom. The standard InChI is InChI=1S/C16H31N3O4/c1-15(2,3)22-13(20)18-8-12-10-19(9-11(12)7-17)14(21)23-16(4,5)6/h11-12H,7-10,17H2,1-6H3,(H,18,20). The van der Waals surface area contributed by atoms with E-state index >= 15 is 0 Å². The van der Waals surface area contributed by atoms with Crippen molar-refractivity contribution in [2.75, 3.05) is 26.2 Å². The third-order valence-corrected chi connectivity index (χ3v) is 3.44. The molecule has 1 fully saturated rings. The first-order chi connectivity index (χ1) is 10.4. The maximum absolute atomic E-state index is 12.1. The van der Waals surface area contributed by atoms with Gasteiger partial charge in [0.25, 0.3) is 0 Å². The van der Waals surface area contributed by atoms with Crippen LogP contribution in [0.3, 0.4) is 0 Å². The Morgan fingerprint density at radius 1 is 1.04 bits per heavy atom. The lowest BCUT2D eigenvalue weighted by molar-refractivity contribution is 0.0284. The van der Waals surface area contributed by atoms with Crippen molar-refractivity contribution in [3.8, 4) is 0 Å². The van der Waals surface area contributed by atoms with Crippen LogP contribution in [-0.2, 0) is 9.47 Å². The number of hydrogen-bond donors (Lipinski definition) is 2. The number of hydrogen-bond acceptors (Lipinski definition) is 5. The van der Waals surface area contributed by atoms with Crippen LogP contribution in [0.5, 0.6) is 0 Å². The lowest BCUT2D eigenvalue weighted by Crippen LogP contribution is -2.38. The summed E-state index contributed by atoms with van der Waals surface area (Å²) in [4.78, 5) is 25.5. The average Bonchev–Trinajstić information content (AvgIpc) is 2.75. The predicted molar refractivity (Wildman–Crippen MR) is 88.1 cm³/mol. The Labute approximate surface area is 138 Å². The highest BCUT2D eigenvalue weighted by Crippen LogP contribution is 2.24. The Balaban J connectivity index is 2.53. The largest absolute Gasteiger partial charge is 0.444 e. The van der Waals surface area contributed by atoms with Gasteiger partial charge in [0.2, 0.25) is 0 Å². The number of nitrogens with two attached hydrogens (primary N) is 1. The van der Waals surface area contributed by atoms with Gasteiger partial charge in [0.1, 0.15) is 11.2 Å². The molecular weight excluding hydrogens is 298 g/mol. The molecule has 3 N–H and O–H groups in total. The fourth-order valence-electron chi connectivity index (χ4n) is 2.44. The number of alkyl carbamates (subject to hydrolysis) is 1. The van der Waals surface area contributed by atoms with E-state index in [0.29, 0.717) is 26.2 Å². The molecule has 0 aromatic carbocycles. The van der Waals surface area contributed by atoms with E-state index in [2.05, 4.69) is 5.32 Å². The van der Waals surface area contributed by atoms with E-state index in [0.717, 1.165) is 0 Å². The smallest absolute Gasteiger partial charge is 0.410 e. The summed E-state index contributed by atoms with van der Waals surface area (Å²) in [5.74, 6) is 0.234. The fourth-order valence-corrected chi connectivity index (χ4v) is 2.44. The molecule has 7 heteroatoms. The van der Waals surface area contributed by atoms with E-state index in [4.69, 9.17) is 15.2 Å². The van der Waals surface area contributed by atoms with Crippen LogP contribution in [0.1, 0.15) is 41.5 Å². The molecule has 0 bridgehead atoms. The zero-order chi connectivity index (χ0) is 17.8. The second-order valence-electron chi connectivity index (χ2n) is 8.02. The van der Waals surface area contributed by atoms with Crippen molar-refractivity contribution in [3.63, 3.8) is 0 Å². The van der Waals surface area contributed by atoms with E-state index in [1.807, 2.05) is 41.5 Å². The lowest BCUT2D eigenvalue weighted by atomic mass is 9.96. The van der Waals surface area contributed by atoms with Gasteiger partial charge >= 0.3 is 12.2 Å². The summed E-state index contributed by atoms with van der Waals surface area (Å²) in [5.41, 5.74) is 4.74. The maximum Gasteiger partial charge on any atom is 0.410 e. The van der Waals surface area contributed by atoms with Crippen molar-refractivity contribution in [2.24, 2.45) is 17.6 Å². The molecule has 0 aromatic heterocycles. The van der Waals surface area contributed by atoms with Crippen molar-refractivity contribution in [3.05, 3.63) is 0 Å². The van der Waals surface area contributed by atoms with Gasteiger partial charge in [-0.05, 0) is 59.9 Å². The van der Waals surface area contributed by atoms with Crippen LogP contribution in [0, 0.1) is 11.8 Å². The number of likely N-dealkylation sites (tertiary alicyclic amines) is 1. The molecule has 2 unspecified atom stereocenters. The van der Waals surface area contributed by atoms with Crippen molar-refractivity contribution in [1.82, 2.24) is 10.2 Å². The van der Waals surface area contributed by atoms with Crippen molar-refractivity contribution < 1.29 is 19.1 Å². The fraction of sp³-hybridized carbons (Fsp3) is 0.875. The van der Waals surface area contributed by atoms with E-state index in [1.54, 1.807) is 4.90 Å². The number of rotatable bonds is 3. The zero-order valence-electron chi connectivity index (χ0n) is 15.1. The normalized spacial score (nSPS) is 22.0.